The Morgan fingerprint density at radius 3 is 2.62 bits per heavy atom. The van der Waals surface area contributed by atoms with Crippen molar-refractivity contribution in [2.45, 2.75) is 32.2 Å². The minimum absolute atomic E-state index is 0.447. The van der Waals surface area contributed by atoms with Crippen molar-refractivity contribution in [2.75, 3.05) is 6.54 Å². The van der Waals surface area contributed by atoms with E-state index in [1.807, 2.05) is 18.2 Å². The lowest BCUT2D eigenvalue weighted by molar-refractivity contribution is -0.138. The molecule has 0 fully saturated rings. The number of aliphatic carboxylic acids is 1. The van der Waals surface area contributed by atoms with E-state index < -0.39 is 12.0 Å². The first-order valence-corrected chi connectivity index (χ1v) is 5.70. The number of benzene rings is 1. The van der Waals surface area contributed by atoms with Crippen LogP contribution in [-0.2, 0) is 11.2 Å². The third-order valence-electron chi connectivity index (χ3n) is 2.56. The smallest absolute Gasteiger partial charge is 0.320 e. The zero-order valence-corrected chi connectivity index (χ0v) is 9.65. The molecule has 0 aliphatic rings. The Kier molecular flexibility index (Phi) is 5.57. The second-order valence-corrected chi connectivity index (χ2v) is 3.96. The van der Waals surface area contributed by atoms with Crippen molar-refractivity contribution in [1.29, 1.82) is 0 Å². The van der Waals surface area contributed by atoms with Crippen LogP contribution < -0.4 is 5.32 Å². The normalized spacial score (nSPS) is 12.3. The second kappa shape index (κ2) is 7.01. The van der Waals surface area contributed by atoms with Gasteiger partial charge in [-0.2, -0.15) is 0 Å². The van der Waals surface area contributed by atoms with Crippen LogP contribution in [0.5, 0.6) is 0 Å². The van der Waals surface area contributed by atoms with Gasteiger partial charge in [-0.25, -0.2) is 0 Å². The van der Waals surface area contributed by atoms with Crippen LogP contribution in [0.25, 0.3) is 0 Å². The number of carboxylic acids is 1. The molecule has 1 rings (SSSR count). The summed E-state index contributed by atoms with van der Waals surface area (Å²) in [5.74, 6) is -0.789. The van der Waals surface area contributed by atoms with Crippen LogP contribution in [-0.4, -0.2) is 23.7 Å². The van der Waals surface area contributed by atoms with Crippen molar-refractivity contribution >= 4 is 5.97 Å². The van der Waals surface area contributed by atoms with Gasteiger partial charge in [-0.05, 0) is 38.3 Å². The zero-order chi connectivity index (χ0) is 11.8. The SMILES string of the molecule is C[C@@H](NCCCCc1ccccc1)C(=O)O. The molecule has 0 unspecified atom stereocenters. The maximum atomic E-state index is 10.5. The number of aryl methyl sites for hydroxylation is 1. The van der Waals surface area contributed by atoms with Crippen LogP contribution in [0.4, 0.5) is 0 Å². The second-order valence-electron chi connectivity index (χ2n) is 3.96. The van der Waals surface area contributed by atoms with E-state index in [-0.39, 0.29) is 0 Å². The third kappa shape index (κ3) is 4.94. The van der Waals surface area contributed by atoms with Crippen molar-refractivity contribution in [1.82, 2.24) is 5.32 Å². The van der Waals surface area contributed by atoms with E-state index in [0.717, 1.165) is 25.8 Å². The maximum absolute atomic E-state index is 10.5. The zero-order valence-electron chi connectivity index (χ0n) is 9.65. The summed E-state index contributed by atoms with van der Waals surface area (Å²) >= 11 is 0. The van der Waals surface area contributed by atoms with Gasteiger partial charge < -0.3 is 10.4 Å². The predicted molar refractivity (Wildman–Crippen MR) is 64.5 cm³/mol. The van der Waals surface area contributed by atoms with E-state index in [0.29, 0.717) is 0 Å². The first-order chi connectivity index (χ1) is 7.70. The molecule has 0 spiro atoms. The van der Waals surface area contributed by atoms with Crippen LogP contribution >= 0.6 is 0 Å². The molecule has 3 nitrogen and oxygen atoms in total. The lowest BCUT2D eigenvalue weighted by Gasteiger charge is -2.08. The molecular formula is C13H19NO2. The first kappa shape index (κ1) is 12.7. The molecule has 0 aliphatic carbocycles. The molecule has 0 aromatic heterocycles. The van der Waals surface area contributed by atoms with Crippen LogP contribution in [0.1, 0.15) is 25.3 Å². The highest BCUT2D eigenvalue weighted by Gasteiger charge is 2.07. The monoisotopic (exact) mass is 221 g/mol. The molecule has 0 saturated carbocycles. The molecule has 3 heteroatoms. The summed E-state index contributed by atoms with van der Waals surface area (Å²) in [6.07, 6.45) is 3.15. The topological polar surface area (TPSA) is 49.3 Å². The average molecular weight is 221 g/mol. The van der Waals surface area contributed by atoms with E-state index in [4.69, 9.17) is 5.11 Å². The number of nitrogens with one attached hydrogen (secondary N) is 1. The van der Waals surface area contributed by atoms with Crippen molar-refractivity contribution in [2.24, 2.45) is 0 Å². The molecule has 1 aromatic rings. The third-order valence-corrected chi connectivity index (χ3v) is 2.56. The molecule has 1 aromatic carbocycles. The highest BCUT2D eigenvalue weighted by molar-refractivity contribution is 5.72. The molecular weight excluding hydrogens is 202 g/mol. The highest BCUT2D eigenvalue weighted by atomic mass is 16.4. The van der Waals surface area contributed by atoms with E-state index in [9.17, 15) is 4.79 Å². The van der Waals surface area contributed by atoms with E-state index in [1.165, 1.54) is 5.56 Å². The summed E-state index contributed by atoms with van der Waals surface area (Å²) in [4.78, 5) is 10.5. The standard InChI is InChI=1S/C13H19NO2/c1-11(13(15)16)14-10-6-5-9-12-7-3-2-4-8-12/h2-4,7-8,11,14H,5-6,9-10H2,1H3,(H,15,16)/t11-/m1/s1. The molecule has 0 bridgehead atoms. The number of unbranched alkanes of at least 4 members (excludes halogenated alkanes) is 1. The fraction of sp³-hybridized carbons (Fsp3) is 0.462. The predicted octanol–water partition coefficient (Wildman–Crippen LogP) is 2.07. The summed E-state index contributed by atoms with van der Waals surface area (Å²) in [5, 5.41) is 11.6. The molecule has 0 saturated heterocycles. The fourth-order valence-electron chi connectivity index (χ4n) is 1.50. The summed E-state index contributed by atoms with van der Waals surface area (Å²) in [7, 11) is 0. The minimum Gasteiger partial charge on any atom is -0.480 e. The van der Waals surface area contributed by atoms with E-state index >= 15 is 0 Å². The van der Waals surface area contributed by atoms with Crippen LogP contribution in [0.2, 0.25) is 0 Å². The fourth-order valence-corrected chi connectivity index (χ4v) is 1.50. The van der Waals surface area contributed by atoms with Gasteiger partial charge in [0.15, 0.2) is 0 Å². The van der Waals surface area contributed by atoms with Gasteiger partial charge in [-0.3, -0.25) is 4.79 Å². The minimum atomic E-state index is -0.789. The number of rotatable bonds is 7. The molecule has 0 aliphatic heterocycles. The summed E-state index contributed by atoms with van der Waals surface area (Å²) in [6, 6.07) is 9.89. The van der Waals surface area contributed by atoms with Crippen molar-refractivity contribution in [3.8, 4) is 0 Å². The van der Waals surface area contributed by atoms with Gasteiger partial charge >= 0.3 is 5.97 Å². The Labute approximate surface area is 96.5 Å². The lowest BCUT2D eigenvalue weighted by atomic mass is 10.1. The van der Waals surface area contributed by atoms with Gasteiger partial charge in [-0.1, -0.05) is 30.3 Å². The van der Waals surface area contributed by atoms with Gasteiger partial charge in [0.05, 0.1) is 0 Å². The Balaban J connectivity index is 2.07. The van der Waals surface area contributed by atoms with Gasteiger partial charge in [-0.15, -0.1) is 0 Å². The summed E-state index contributed by atoms with van der Waals surface area (Å²) in [6.45, 7) is 2.43. The van der Waals surface area contributed by atoms with Crippen molar-refractivity contribution in [3.63, 3.8) is 0 Å². The van der Waals surface area contributed by atoms with E-state index in [2.05, 4.69) is 17.4 Å². The van der Waals surface area contributed by atoms with Crippen LogP contribution in [0.3, 0.4) is 0 Å². The molecule has 2 N–H and O–H groups in total. The molecule has 16 heavy (non-hydrogen) atoms. The summed E-state index contributed by atoms with van der Waals surface area (Å²) in [5.41, 5.74) is 1.34. The Morgan fingerprint density at radius 1 is 1.31 bits per heavy atom. The molecule has 0 amide bonds. The molecule has 0 radical (unpaired) electrons. The van der Waals surface area contributed by atoms with Gasteiger partial charge in [0.25, 0.3) is 0 Å². The quantitative estimate of drug-likeness (QED) is 0.693. The van der Waals surface area contributed by atoms with Crippen molar-refractivity contribution in [3.05, 3.63) is 35.9 Å². The number of hydrogen-bond donors (Lipinski definition) is 2. The van der Waals surface area contributed by atoms with E-state index in [1.54, 1.807) is 6.92 Å². The van der Waals surface area contributed by atoms with Gasteiger partial charge in [0.1, 0.15) is 6.04 Å². The Bertz CT molecular complexity index is 311. The Morgan fingerprint density at radius 2 is 2.00 bits per heavy atom. The van der Waals surface area contributed by atoms with Crippen LogP contribution in [0.15, 0.2) is 30.3 Å². The van der Waals surface area contributed by atoms with Gasteiger partial charge in [0.2, 0.25) is 0 Å². The Hall–Kier alpha value is -1.35. The van der Waals surface area contributed by atoms with Gasteiger partial charge in [0, 0.05) is 0 Å². The largest absolute Gasteiger partial charge is 0.480 e. The molecule has 0 heterocycles. The number of hydrogen-bond acceptors (Lipinski definition) is 2. The van der Waals surface area contributed by atoms with Crippen LogP contribution in [0, 0.1) is 0 Å². The number of carbonyl (C=O) groups is 1. The lowest BCUT2D eigenvalue weighted by Crippen LogP contribution is -2.34. The summed E-state index contributed by atoms with van der Waals surface area (Å²) < 4.78 is 0. The first-order valence-electron chi connectivity index (χ1n) is 5.70. The van der Waals surface area contributed by atoms with Crippen molar-refractivity contribution < 1.29 is 9.90 Å². The average Bonchev–Trinajstić information content (AvgIpc) is 2.29. The molecule has 1 atom stereocenters. The highest BCUT2D eigenvalue weighted by Crippen LogP contribution is 2.03. The molecule has 88 valence electrons. The number of carboxylic acid groups (broad SMARTS) is 1. The maximum Gasteiger partial charge on any atom is 0.320 e.